The summed E-state index contributed by atoms with van der Waals surface area (Å²) in [7, 11) is -3.11. The zero-order chi connectivity index (χ0) is 19.3. The Morgan fingerprint density at radius 3 is 2.73 bits per heavy atom. The van der Waals surface area contributed by atoms with E-state index in [2.05, 4.69) is 0 Å². The van der Waals surface area contributed by atoms with E-state index in [0.717, 1.165) is 18.9 Å². The van der Waals surface area contributed by atoms with Crippen LogP contribution in [0, 0.1) is 10.1 Å². The molecule has 8 nitrogen and oxygen atoms in total. The van der Waals surface area contributed by atoms with Crippen molar-refractivity contribution in [3.05, 3.63) is 33.3 Å². The number of nitro benzene ring substituents is 1. The second kappa shape index (κ2) is 8.68. The third-order valence-corrected chi connectivity index (χ3v) is 6.25. The van der Waals surface area contributed by atoms with Crippen molar-refractivity contribution in [2.45, 2.75) is 32.2 Å². The maximum absolute atomic E-state index is 12.6. The minimum absolute atomic E-state index is 0.0270. The van der Waals surface area contributed by atoms with Crippen LogP contribution in [-0.2, 0) is 14.6 Å². The molecule has 1 fully saturated rings. The van der Waals surface area contributed by atoms with Gasteiger partial charge in [-0.2, -0.15) is 0 Å². The highest BCUT2D eigenvalue weighted by molar-refractivity contribution is 7.91. The van der Waals surface area contributed by atoms with Crippen molar-refractivity contribution >= 4 is 33.0 Å². The van der Waals surface area contributed by atoms with Gasteiger partial charge in [0.15, 0.2) is 16.4 Å². The van der Waals surface area contributed by atoms with Gasteiger partial charge in [0.2, 0.25) is 0 Å². The van der Waals surface area contributed by atoms with Crippen LogP contribution in [0.1, 0.15) is 26.2 Å². The summed E-state index contributed by atoms with van der Waals surface area (Å²) < 4.78 is 28.8. The van der Waals surface area contributed by atoms with Crippen molar-refractivity contribution in [3.63, 3.8) is 0 Å². The smallest absolute Gasteiger partial charge is 0.271 e. The van der Waals surface area contributed by atoms with Gasteiger partial charge in [-0.05, 0) is 18.9 Å². The van der Waals surface area contributed by atoms with E-state index in [0.29, 0.717) is 13.0 Å². The standard InChI is InChI=1S/C16H21ClN2O6S/c1-2-3-7-18(13-6-8-26(23,24)11-13)16(20)10-25-15-5-4-12(19(21)22)9-14(15)17/h4-5,9,13H,2-3,6-8,10-11H2,1H3. The number of carbonyl (C=O) groups excluding carboxylic acids is 1. The molecule has 1 aromatic rings. The molecule has 1 atom stereocenters. The lowest BCUT2D eigenvalue weighted by molar-refractivity contribution is -0.384. The van der Waals surface area contributed by atoms with Gasteiger partial charge in [0.05, 0.1) is 21.5 Å². The molecule has 0 bridgehead atoms. The van der Waals surface area contributed by atoms with Crippen LogP contribution in [0.5, 0.6) is 5.75 Å². The zero-order valence-electron chi connectivity index (χ0n) is 14.4. The van der Waals surface area contributed by atoms with Gasteiger partial charge in [0.25, 0.3) is 11.6 Å². The first-order chi connectivity index (χ1) is 12.2. The molecule has 144 valence electrons. The number of carbonyl (C=O) groups is 1. The van der Waals surface area contributed by atoms with E-state index in [-0.39, 0.29) is 46.5 Å². The monoisotopic (exact) mass is 404 g/mol. The molecular formula is C16H21ClN2O6S. The van der Waals surface area contributed by atoms with Gasteiger partial charge in [-0.25, -0.2) is 8.42 Å². The molecule has 1 aliphatic rings. The summed E-state index contributed by atoms with van der Waals surface area (Å²) in [4.78, 5) is 24.3. The molecule has 1 aromatic carbocycles. The number of non-ortho nitro benzene ring substituents is 1. The molecule has 0 spiro atoms. The molecule has 1 amide bonds. The average molecular weight is 405 g/mol. The molecule has 1 heterocycles. The number of unbranched alkanes of at least 4 members (excludes halogenated alkanes) is 1. The number of benzene rings is 1. The molecule has 0 aliphatic carbocycles. The van der Waals surface area contributed by atoms with E-state index in [4.69, 9.17) is 16.3 Å². The molecular weight excluding hydrogens is 384 g/mol. The van der Waals surface area contributed by atoms with Crippen LogP contribution in [0.15, 0.2) is 18.2 Å². The van der Waals surface area contributed by atoms with Gasteiger partial charge in [-0.1, -0.05) is 24.9 Å². The van der Waals surface area contributed by atoms with Crippen molar-refractivity contribution in [1.29, 1.82) is 0 Å². The van der Waals surface area contributed by atoms with Gasteiger partial charge in [0.1, 0.15) is 5.75 Å². The second-order valence-electron chi connectivity index (χ2n) is 6.16. The topological polar surface area (TPSA) is 107 Å². The first-order valence-electron chi connectivity index (χ1n) is 8.30. The highest BCUT2D eigenvalue weighted by Crippen LogP contribution is 2.29. The predicted octanol–water partition coefficient (Wildman–Crippen LogP) is 2.44. The Bertz CT molecular complexity index is 783. The Morgan fingerprint density at radius 1 is 1.46 bits per heavy atom. The minimum atomic E-state index is -3.11. The summed E-state index contributed by atoms with van der Waals surface area (Å²) in [6.45, 7) is 2.14. The SMILES string of the molecule is CCCCN(C(=O)COc1ccc([N+](=O)[O-])cc1Cl)C1CCS(=O)(=O)C1. The van der Waals surface area contributed by atoms with E-state index in [1.54, 1.807) is 4.90 Å². The maximum Gasteiger partial charge on any atom is 0.271 e. The molecule has 0 N–H and O–H groups in total. The largest absolute Gasteiger partial charge is 0.482 e. The summed E-state index contributed by atoms with van der Waals surface area (Å²) in [6, 6.07) is 3.39. The number of sulfone groups is 1. The van der Waals surface area contributed by atoms with Crippen LogP contribution in [0.3, 0.4) is 0 Å². The summed E-state index contributed by atoms with van der Waals surface area (Å²) in [6.07, 6.45) is 2.06. The molecule has 0 saturated carbocycles. The van der Waals surface area contributed by atoms with E-state index < -0.39 is 14.8 Å². The van der Waals surface area contributed by atoms with Crippen molar-refractivity contribution in [2.75, 3.05) is 24.7 Å². The van der Waals surface area contributed by atoms with Crippen LogP contribution < -0.4 is 4.74 Å². The molecule has 1 unspecified atom stereocenters. The molecule has 1 saturated heterocycles. The van der Waals surface area contributed by atoms with Crippen LogP contribution in [-0.4, -0.2) is 54.8 Å². The Balaban J connectivity index is 2.04. The first kappa shape index (κ1) is 20.4. The average Bonchev–Trinajstić information content (AvgIpc) is 2.93. The van der Waals surface area contributed by atoms with Crippen LogP contribution in [0.4, 0.5) is 5.69 Å². The predicted molar refractivity (Wildman–Crippen MR) is 97.3 cm³/mol. The molecule has 0 aromatic heterocycles. The number of amides is 1. The molecule has 0 radical (unpaired) electrons. The van der Waals surface area contributed by atoms with Gasteiger partial charge in [-0.3, -0.25) is 14.9 Å². The summed E-state index contributed by atoms with van der Waals surface area (Å²) in [5.41, 5.74) is -0.172. The number of hydrogen-bond acceptors (Lipinski definition) is 6. The Labute approximate surface area is 157 Å². The maximum atomic E-state index is 12.6. The Hall–Kier alpha value is -1.87. The highest BCUT2D eigenvalue weighted by Gasteiger charge is 2.34. The van der Waals surface area contributed by atoms with Crippen LogP contribution >= 0.6 is 11.6 Å². The normalized spacial score (nSPS) is 18.5. The lowest BCUT2D eigenvalue weighted by atomic mass is 10.2. The van der Waals surface area contributed by atoms with Gasteiger partial charge < -0.3 is 9.64 Å². The summed E-state index contributed by atoms with van der Waals surface area (Å²) in [5.74, 6) is -0.0985. The van der Waals surface area contributed by atoms with Crippen molar-refractivity contribution in [1.82, 2.24) is 4.90 Å². The highest BCUT2D eigenvalue weighted by atomic mass is 35.5. The number of nitro groups is 1. The minimum Gasteiger partial charge on any atom is -0.482 e. The second-order valence-corrected chi connectivity index (χ2v) is 8.79. The quantitative estimate of drug-likeness (QED) is 0.486. The van der Waals surface area contributed by atoms with E-state index >= 15 is 0 Å². The van der Waals surface area contributed by atoms with E-state index in [9.17, 15) is 23.3 Å². The Kier molecular flexibility index (Phi) is 6.82. The van der Waals surface area contributed by atoms with E-state index in [1.165, 1.54) is 12.1 Å². The van der Waals surface area contributed by atoms with Crippen LogP contribution in [0.2, 0.25) is 5.02 Å². The fourth-order valence-electron chi connectivity index (χ4n) is 2.80. The first-order valence-corrected chi connectivity index (χ1v) is 10.5. The van der Waals surface area contributed by atoms with Gasteiger partial charge in [-0.15, -0.1) is 0 Å². The zero-order valence-corrected chi connectivity index (χ0v) is 16.0. The summed E-state index contributed by atoms with van der Waals surface area (Å²) in [5, 5.41) is 10.8. The van der Waals surface area contributed by atoms with Crippen molar-refractivity contribution in [2.24, 2.45) is 0 Å². The molecule has 2 rings (SSSR count). The summed E-state index contributed by atoms with van der Waals surface area (Å²) >= 11 is 5.95. The number of hydrogen-bond donors (Lipinski definition) is 0. The molecule has 10 heteroatoms. The Morgan fingerprint density at radius 2 is 2.19 bits per heavy atom. The van der Waals surface area contributed by atoms with Gasteiger partial charge in [0, 0.05) is 24.7 Å². The van der Waals surface area contributed by atoms with Crippen molar-refractivity contribution < 1.29 is 22.9 Å². The van der Waals surface area contributed by atoms with Crippen molar-refractivity contribution in [3.8, 4) is 5.75 Å². The van der Waals surface area contributed by atoms with E-state index in [1.807, 2.05) is 6.92 Å². The number of rotatable bonds is 8. The fourth-order valence-corrected chi connectivity index (χ4v) is 4.76. The van der Waals surface area contributed by atoms with Gasteiger partial charge >= 0.3 is 0 Å². The molecule has 26 heavy (non-hydrogen) atoms. The fraction of sp³-hybridized carbons (Fsp3) is 0.562. The van der Waals surface area contributed by atoms with Crippen LogP contribution in [0.25, 0.3) is 0 Å². The number of nitrogens with zero attached hydrogens (tertiary/aromatic N) is 2. The third-order valence-electron chi connectivity index (χ3n) is 4.20. The third kappa shape index (κ3) is 5.31. The number of halogens is 1. The number of ether oxygens (including phenoxy) is 1. The lowest BCUT2D eigenvalue weighted by Crippen LogP contribution is -2.44. The molecule has 1 aliphatic heterocycles. The lowest BCUT2D eigenvalue weighted by Gasteiger charge is -2.28.